The number of nitrogens with zero attached hydrogens (tertiary/aromatic N) is 1. The van der Waals surface area contributed by atoms with Crippen LogP contribution in [0.4, 0.5) is 0 Å². The van der Waals surface area contributed by atoms with Gasteiger partial charge in [0, 0.05) is 0 Å². The van der Waals surface area contributed by atoms with E-state index in [9.17, 15) is 0 Å². The summed E-state index contributed by atoms with van der Waals surface area (Å²) in [5.41, 5.74) is 7.85. The number of hydrogen-bond donors (Lipinski definition) is 1. The van der Waals surface area contributed by atoms with Crippen LogP contribution >= 0.6 is 0 Å². The molecule has 0 fully saturated rings. The van der Waals surface area contributed by atoms with Crippen molar-refractivity contribution in [2.45, 2.75) is 13.1 Å². The summed E-state index contributed by atoms with van der Waals surface area (Å²) in [6.07, 6.45) is -0.282. The molecule has 0 aliphatic heterocycles. The van der Waals surface area contributed by atoms with Gasteiger partial charge in [-0.15, -0.1) is 0 Å². The van der Waals surface area contributed by atoms with Crippen LogP contribution < -0.4 is 5.73 Å². The van der Waals surface area contributed by atoms with Crippen LogP contribution in [-0.2, 0) is 0 Å². The van der Waals surface area contributed by atoms with Crippen LogP contribution in [0.2, 0.25) is 0 Å². The average molecular weight is 148 g/mol. The molecule has 0 saturated heterocycles. The summed E-state index contributed by atoms with van der Waals surface area (Å²) in [6.45, 7) is 5.42. The van der Waals surface area contributed by atoms with Crippen molar-refractivity contribution in [3.63, 3.8) is 0 Å². The highest BCUT2D eigenvalue weighted by atomic mass is 14.9. The van der Waals surface area contributed by atoms with E-state index in [1.54, 1.807) is 0 Å². The van der Waals surface area contributed by atoms with E-state index in [1.165, 1.54) is 5.56 Å². The van der Waals surface area contributed by atoms with Gasteiger partial charge in [-0.05, 0) is 19.2 Å². The third-order valence-corrected chi connectivity index (χ3v) is 1.62. The Bertz CT molecular complexity index is 238. The van der Waals surface area contributed by atoms with Gasteiger partial charge in [-0.25, -0.2) is 0 Å². The fraction of sp³-hybridized carbons (Fsp3) is 0.222. The quantitative estimate of drug-likeness (QED) is 0.636. The third-order valence-electron chi connectivity index (χ3n) is 1.62. The molecule has 0 spiro atoms. The Balaban J connectivity index is 2.89. The maximum absolute atomic E-state index is 5.62. The maximum atomic E-state index is 5.62. The molecule has 0 aliphatic rings. The Morgan fingerprint density at radius 3 is 2.36 bits per heavy atom. The first-order valence-electron chi connectivity index (χ1n) is 3.52. The van der Waals surface area contributed by atoms with Crippen molar-refractivity contribution in [2.24, 2.45) is 10.7 Å². The van der Waals surface area contributed by atoms with Crippen LogP contribution in [0, 0.1) is 6.92 Å². The molecule has 11 heavy (non-hydrogen) atoms. The van der Waals surface area contributed by atoms with Gasteiger partial charge in [-0.3, -0.25) is 4.99 Å². The van der Waals surface area contributed by atoms with Crippen LogP contribution in [0.5, 0.6) is 0 Å². The first-order valence-corrected chi connectivity index (χ1v) is 3.52. The average Bonchev–Trinajstić information content (AvgIpc) is 2.05. The zero-order chi connectivity index (χ0) is 8.27. The van der Waals surface area contributed by atoms with Crippen molar-refractivity contribution in [2.75, 3.05) is 0 Å². The summed E-state index contributed by atoms with van der Waals surface area (Å²) in [6, 6.07) is 7.96. The minimum Gasteiger partial charge on any atom is -0.306 e. The van der Waals surface area contributed by atoms with Gasteiger partial charge < -0.3 is 5.73 Å². The molecule has 0 radical (unpaired) electrons. The molecule has 2 nitrogen and oxygen atoms in total. The van der Waals surface area contributed by atoms with Gasteiger partial charge in [0.15, 0.2) is 0 Å². The van der Waals surface area contributed by atoms with Crippen LogP contribution in [0.15, 0.2) is 29.3 Å². The molecular formula is C9H12N2. The van der Waals surface area contributed by atoms with Gasteiger partial charge >= 0.3 is 0 Å². The Hall–Kier alpha value is -1.15. The molecule has 0 heterocycles. The number of aryl methyl sites for hydroxylation is 1. The van der Waals surface area contributed by atoms with Gasteiger partial charge in [0.25, 0.3) is 0 Å². The van der Waals surface area contributed by atoms with Gasteiger partial charge in [0.05, 0.1) is 0 Å². The highest BCUT2D eigenvalue weighted by molar-refractivity contribution is 5.29. The highest BCUT2D eigenvalue weighted by Gasteiger charge is 1.99. The molecular weight excluding hydrogens is 136 g/mol. The lowest BCUT2D eigenvalue weighted by atomic mass is 10.1. The first-order chi connectivity index (χ1) is 5.24. The normalized spacial score (nSPS) is 12.5. The zero-order valence-electron chi connectivity index (χ0n) is 6.62. The predicted molar refractivity (Wildman–Crippen MR) is 47.7 cm³/mol. The molecule has 58 valence electrons. The van der Waals surface area contributed by atoms with E-state index < -0.39 is 0 Å². The molecule has 0 aromatic heterocycles. The molecule has 0 amide bonds. The van der Waals surface area contributed by atoms with E-state index in [4.69, 9.17) is 5.73 Å². The lowest BCUT2D eigenvalue weighted by Crippen LogP contribution is -2.05. The summed E-state index contributed by atoms with van der Waals surface area (Å²) in [4.78, 5) is 3.72. The van der Waals surface area contributed by atoms with Crippen LogP contribution in [-0.4, -0.2) is 6.72 Å². The zero-order valence-corrected chi connectivity index (χ0v) is 6.62. The fourth-order valence-corrected chi connectivity index (χ4v) is 0.869. The second-order valence-electron chi connectivity index (χ2n) is 2.54. The van der Waals surface area contributed by atoms with Crippen LogP contribution in [0.25, 0.3) is 0 Å². The van der Waals surface area contributed by atoms with Crippen molar-refractivity contribution in [1.82, 2.24) is 0 Å². The van der Waals surface area contributed by atoms with Crippen molar-refractivity contribution in [3.05, 3.63) is 35.4 Å². The molecule has 1 rings (SSSR count). The molecule has 1 atom stereocenters. The molecule has 1 aromatic carbocycles. The largest absolute Gasteiger partial charge is 0.306 e. The van der Waals surface area contributed by atoms with E-state index >= 15 is 0 Å². The van der Waals surface area contributed by atoms with E-state index in [0.717, 1.165) is 5.56 Å². The van der Waals surface area contributed by atoms with Crippen LogP contribution in [0.3, 0.4) is 0 Å². The maximum Gasteiger partial charge on any atom is 0.122 e. The standard InChI is InChI=1S/C9H12N2/c1-7-3-5-8(6-4-7)9(10)11-2/h3-6,9H,2,10H2,1H3. The van der Waals surface area contributed by atoms with Gasteiger partial charge in [0.2, 0.25) is 0 Å². The second-order valence-corrected chi connectivity index (χ2v) is 2.54. The topological polar surface area (TPSA) is 38.4 Å². The van der Waals surface area contributed by atoms with Gasteiger partial charge in [-0.2, -0.15) is 0 Å². The lowest BCUT2D eigenvalue weighted by Gasteiger charge is -2.04. The Morgan fingerprint density at radius 1 is 1.36 bits per heavy atom. The lowest BCUT2D eigenvalue weighted by molar-refractivity contribution is 0.783. The second kappa shape index (κ2) is 3.30. The summed E-state index contributed by atoms with van der Waals surface area (Å²) in [7, 11) is 0. The number of rotatable bonds is 2. The van der Waals surface area contributed by atoms with E-state index in [1.807, 2.05) is 31.2 Å². The summed E-state index contributed by atoms with van der Waals surface area (Å²) in [5.74, 6) is 0. The summed E-state index contributed by atoms with van der Waals surface area (Å²) in [5, 5.41) is 0. The molecule has 2 heteroatoms. The van der Waals surface area contributed by atoms with Crippen LogP contribution in [0.1, 0.15) is 17.3 Å². The van der Waals surface area contributed by atoms with Crippen molar-refractivity contribution in [3.8, 4) is 0 Å². The van der Waals surface area contributed by atoms with Crippen molar-refractivity contribution < 1.29 is 0 Å². The van der Waals surface area contributed by atoms with E-state index in [2.05, 4.69) is 11.7 Å². The molecule has 2 N–H and O–H groups in total. The highest BCUT2D eigenvalue weighted by Crippen LogP contribution is 2.10. The molecule has 1 unspecified atom stereocenters. The monoisotopic (exact) mass is 148 g/mol. The number of benzene rings is 1. The molecule has 0 saturated carbocycles. The number of aliphatic imine (C=N–C) groups is 1. The Morgan fingerprint density at radius 2 is 1.91 bits per heavy atom. The van der Waals surface area contributed by atoms with Crippen molar-refractivity contribution >= 4 is 6.72 Å². The number of hydrogen-bond acceptors (Lipinski definition) is 2. The number of nitrogens with two attached hydrogens (primary N) is 1. The molecule has 1 aromatic rings. The first kappa shape index (κ1) is 7.95. The van der Waals surface area contributed by atoms with E-state index in [-0.39, 0.29) is 6.17 Å². The fourth-order valence-electron chi connectivity index (χ4n) is 0.869. The SMILES string of the molecule is C=NC(N)c1ccc(C)cc1. The Kier molecular flexibility index (Phi) is 2.39. The minimum absolute atomic E-state index is 0.282. The predicted octanol–water partition coefficient (Wildman–Crippen LogP) is 1.65. The molecule has 0 bridgehead atoms. The summed E-state index contributed by atoms with van der Waals surface area (Å²) < 4.78 is 0. The van der Waals surface area contributed by atoms with E-state index in [0.29, 0.717) is 0 Å². The smallest absolute Gasteiger partial charge is 0.122 e. The Labute approximate surface area is 66.8 Å². The van der Waals surface area contributed by atoms with Gasteiger partial charge in [-0.1, -0.05) is 29.8 Å². The summed E-state index contributed by atoms with van der Waals surface area (Å²) >= 11 is 0. The van der Waals surface area contributed by atoms with Gasteiger partial charge in [0.1, 0.15) is 6.17 Å². The third kappa shape index (κ3) is 1.88. The minimum atomic E-state index is -0.282. The molecule has 0 aliphatic carbocycles. The van der Waals surface area contributed by atoms with Crippen molar-refractivity contribution in [1.29, 1.82) is 0 Å².